The summed E-state index contributed by atoms with van der Waals surface area (Å²) in [6.07, 6.45) is 2.59. The summed E-state index contributed by atoms with van der Waals surface area (Å²) in [5, 5.41) is 11.5. The number of nitrogens with zero attached hydrogens (tertiary/aromatic N) is 2. The first-order chi connectivity index (χ1) is 10.1. The Morgan fingerprint density at radius 2 is 2.24 bits per heavy atom. The SMILES string of the molecule is COc1ccc2ccnc(N3CCC(C)C3C(=O)O)c2c1. The maximum absolute atomic E-state index is 11.6. The minimum Gasteiger partial charge on any atom is -0.497 e. The lowest BCUT2D eigenvalue weighted by molar-refractivity contribution is -0.139. The normalized spacial score (nSPS) is 21.7. The minimum absolute atomic E-state index is 0.116. The Bertz CT molecular complexity index is 686. The quantitative estimate of drug-likeness (QED) is 0.939. The largest absolute Gasteiger partial charge is 0.497 e. The highest BCUT2D eigenvalue weighted by Gasteiger charge is 2.38. The van der Waals surface area contributed by atoms with Crippen molar-refractivity contribution in [1.29, 1.82) is 0 Å². The highest BCUT2D eigenvalue weighted by molar-refractivity contribution is 5.95. The first kappa shape index (κ1) is 13.7. The number of rotatable bonds is 3. The topological polar surface area (TPSA) is 62.7 Å². The van der Waals surface area contributed by atoms with Crippen molar-refractivity contribution in [2.75, 3.05) is 18.6 Å². The van der Waals surface area contributed by atoms with E-state index in [1.165, 1.54) is 0 Å². The molecule has 0 spiro atoms. The van der Waals surface area contributed by atoms with Crippen LogP contribution in [-0.4, -0.2) is 35.8 Å². The molecular weight excluding hydrogens is 268 g/mol. The molecule has 0 saturated carbocycles. The Morgan fingerprint density at radius 1 is 1.43 bits per heavy atom. The molecule has 5 heteroatoms. The van der Waals surface area contributed by atoms with Crippen LogP contribution >= 0.6 is 0 Å². The number of fused-ring (bicyclic) bond motifs is 1. The molecule has 1 aromatic heterocycles. The van der Waals surface area contributed by atoms with E-state index in [1.807, 2.05) is 36.1 Å². The Labute approximate surface area is 123 Å². The first-order valence-corrected chi connectivity index (χ1v) is 7.04. The van der Waals surface area contributed by atoms with Gasteiger partial charge in [-0.15, -0.1) is 0 Å². The smallest absolute Gasteiger partial charge is 0.326 e. The lowest BCUT2D eigenvalue weighted by atomic mass is 10.0. The lowest BCUT2D eigenvalue weighted by Crippen LogP contribution is -2.39. The molecule has 2 heterocycles. The fourth-order valence-electron chi connectivity index (χ4n) is 3.05. The maximum Gasteiger partial charge on any atom is 0.326 e. The molecule has 21 heavy (non-hydrogen) atoms. The van der Waals surface area contributed by atoms with Crippen molar-refractivity contribution >= 4 is 22.6 Å². The van der Waals surface area contributed by atoms with E-state index < -0.39 is 12.0 Å². The molecule has 0 bridgehead atoms. The average molecular weight is 286 g/mol. The average Bonchev–Trinajstić information content (AvgIpc) is 2.87. The third kappa shape index (κ3) is 2.28. The molecule has 0 radical (unpaired) electrons. The van der Waals surface area contributed by atoms with Crippen molar-refractivity contribution in [1.82, 2.24) is 4.98 Å². The Morgan fingerprint density at radius 3 is 2.95 bits per heavy atom. The zero-order valence-corrected chi connectivity index (χ0v) is 12.1. The summed E-state index contributed by atoms with van der Waals surface area (Å²) in [5.41, 5.74) is 0. The van der Waals surface area contributed by atoms with E-state index in [4.69, 9.17) is 4.74 Å². The molecular formula is C16H18N2O3. The molecule has 2 aromatic rings. The molecule has 2 unspecified atom stereocenters. The third-order valence-electron chi connectivity index (χ3n) is 4.18. The Hall–Kier alpha value is -2.30. The highest BCUT2D eigenvalue weighted by Crippen LogP contribution is 2.34. The third-order valence-corrected chi connectivity index (χ3v) is 4.18. The second-order valence-electron chi connectivity index (χ2n) is 5.46. The van der Waals surface area contributed by atoms with Gasteiger partial charge in [0.05, 0.1) is 7.11 Å². The number of carboxylic acid groups (broad SMARTS) is 1. The molecule has 1 aliphatic rings. The summed E-state index contributed by atoms with van der Waals surface area (Å²) in [5.74, 6) is 0.797. The number of benzene rings is 1. The Kier molecular flexibility index (Phi) is 3.41. The van der Waals surface area contributed by atoms with Crippen LogP contribution in [0.4, 0.5) is 5.82 Å². The number of methoxy groups -OCH3 is 1. The molecule has 1 fully saturated rings. The summed E-state index contributed by atoms with van der Waals surface area (Å²) in [4.78, 5) is 17.9. The van der Waals surface area contributed by atoms with Gasteiger partial charge in [0.15, 0.2) is 0 Å². The van der Waals surface area contributed by atoms with Crippen molar-refractivity contribution in [2.45, 2.75) is 19.4 Å². The summed E-state index contributed by atoms with van der Waals surface area (Å²) in [7, 11) is 1.62. The number of carboxylic acids is 1. The number of hydrogen-bond donors (Lipinski definition) is 1. The molecule has 0 aliphatic carbocycles. The number of ether oxygens (including phenoxy) is 1. The highest BCUT2D eigenvalue weighted by atomic mass is 16.5. The van der Waals surface area contributed by atoms with Crippen molar-refractivity contribution in [2.24, 2.45) is 5.92 Å². The minimum atomic E-state index is -0.790. The van der Waals surface area contributed by atoms with E-state index in [-0.39, 0.29) is 5.92 Å². The molecule has 5 nitrogen and oxygen atoms in total. The number of anilines is 1. The molecule has 1 aromatic carbocycles. The van der Waals surface area contributed by atoms with E-state index >= 15 is 0 Å². The van der Waals surface area contributed by atoms with Gasteiger partial charge in [0.1, 0.15) is 17.6 Å². The van der Waals surface area contributed by atoms with Gasteiger partial charge >= 0.3 is 5.97 Å². The van der Waals surface area contributed by atoms with Crippen LogP contribution in [0.1, 0.15) is 13.3 Å². The van der Waals surface area contributed by atoms with Crippen molar-refractivity contribution < 1.29 is 14.6 Å². The first-order valence-electron chi connectivity index (χ1n) is 7.04. The van der Waals surface area contributed by atoms with Crippen LogP contribution in [-0.2, 0) is 4.79 Å². The fraction of sp³-hybridized carbons (Fsp3) is 0.375. The van der Waals surface area contributed by atoms with Crippen LogP contribution < -0.4 is 9.64 Å². The predicted octanol–water partition coefficient (Wildman–Crippen LogP) is 2.54. The second-order valence-corrected chi connectivity index (χ2v) is 5.46. The fourth-order valence-corrected chi connectivity index (χ4v) is 3.05. The number of carbonyl (C=O) groups is 1. The molecule has 110 valence electrons. The van der Waals surface area contributed by atoms with E-state index in [2.05, 4.69) is 4.98 Å². The summed E-state index contributed by atoms with van der Waals surface area (Å²) in [6.45, 7) is 2.69. The van der Waals surface area contributed by atoms with Crippen LogP contribution in [0.3, 0.4) is 0 Å². The van der Waals surface area contributed by atoms with Crippen molar-refractivity contribution in [3.8, 4) is 5.75 Å². The molecule has 0 amide bonds. The van der Waals surface area contributed by atoms with Gasteiger partial charge in [0.25, 0.3) is 0 Å². The van der Waals surface area contributed by atoms with Crippen LogP contribution in [0, 0.1) is 5.92 Å². The van der Waals surface area contributed by atoms with Crippen LogP contribution in [0.5, 0.6) is 5.75 Å². The second kappa shape index (κ2) is 5.24. The molecule has 1 saturated heterocycles. The van der Waals surface area contributed by atoms with Crippen LogP contribution in [0.2, 0.25) is 0 Å². The molecule has 3 rings (SSSR count). The molecule has 1 N–H and O–H groups in total. The molecule has 2 atom stereocenters. The Balaban J connectivity index is 2.13. The van der Waals surface area contributed by atoms with E-state index in [0.29, 0.717) is 6.54 Å². The van der Waals surface area contributed by atoms with E-state index in [1.54, 1.807) is 13.3 Å². The number of aliphatic carboxylic acids is 1. The van der Waals surface area contributed by atoms with Gasteiger partial charge in [0, 0.05) is 18.1 Å². The summed E-state index contributed by atoms with van der Waals surface area (Å²) < 4.78 is 5.27. The summed E-state index contributed by atoms with van der Waals surface area (Å²) in [6, 6.07) is 7.18. The van der Waals surface area contributed by atoms with Gasteiger partial charge < -0.3 is 14.7 Å². The lowest BCUT2D eigenvalue weighted by Gasteiger charge is -2.25. The van der Waals surface area contributed by atoms with Crippen molar-refractivity contribution in [3.63, 3.8) is 0 Å². The molecule has 1 aliphatic heterocycles. The van der Waals surface area contributed by atoms with Gasteiger partial charge in [-0.25, -0.2) is 9.78 Å². The van der Waals surface area contributed by atoms with E-state index in [9.17, 15) is 9.90 Å². The maximum atomic E-state index is 11.6. The van der Waals surface area contributed by atoms with Gasteiger partial charge in [0.2, 0.25) is 0 Å². The van der Waals surface area contributed by atoms with Gasteiger partial charge in [-0.2, -0.15) is 0 Å². The monoisotopic (exact) mass is 286 g/mol. The van der Waals surface area contributed by atoms with Crippen LogP contribution in [0.15, 0.2) is 30.5 Å². The van der Waals surface area contributed by atoms with Gasteiger partial charge in [-0.3, -0.25) is 0 Å². The van der Waals surface area contributed by atoms with Gasteiger partial charge in [-0.1, -0.05) is 13.0 Å². The zero-order valence-electron chi connectivity index (χ0n) is 12.1. The number of hydrogen-bond acceptors (Lipinski definition) is 4. The zero-order chi connectivity index (χ0) is 15.0. The number of aromatic nitrogens is 1. The summed E-state index contributed by atoms with van der Waals surface area (Å²) >= 11 is 0. The number of pyridine rings is 1. The predicted molar refractivity (Wildman–Crippen MR) is 80.8 cm³/mol. The standard InChI is InChI=1S/C16H18N2O3/c1-10-6-8-18(14(10)16(19)20)15-13-9-12(21-2)4-3-11(13)5-7-17-15/h3-5,7,9-10,14H,6,8H2,1-2H3,(H,19,20). The van der Waals surface area contributed by atoms with Crippen molar-refractivity contribution in [3.05, 3.63) is 30.5 Å². The van der Waals surface area contributed by atoms with E-state index in [0.717, 1.165) is 28.8 Å². The van der Waals surface area contributed by atoms with Gasteiger partial charge in [-0.05, 0) is 35.9 Å². The van der Waals surface area contributed by atoms with Crippen LogP contribution in [0.25, 0.3) is 10.8 Å².